The zero-order valence-corrected chi connectivity index (χ0v) is 18.2. The molecule has 0 radical (unpaired) electrons. The smallest absolute Gasteiger partial charge is 0.256 e. The zero-order chi connectivity index (χ0) is 22.5. The van der Waals surface area contributed by atoms with E-state index >= 15 is 0 Å². The number of nitrogens with one attached hydrogen (secondary N) is 1. The fourth-order valence-corrected chi connectivity index (χ4v) is 4.01. The summed E-state index contributed by atoms with van der Waals surface area (Å²) >= 11 is 0. The first-order valence-corrected chi connectivity index (χ1v) is 10.5. The Balaban J connectivity index is 1.56. The van der Waals surface area contributed by atoms with E-state index in [4.69, 9.17) is 13.9 Å². The number of hydrogen-bond donors (Lipinski definition) is 1. The number of ether oxygens (including phenoxy) is 2. The summed E-state index contributed by atoms with van der Waals surface area (Å²) in [6.45, 7) is 4.95. The van der Waals surface area contributed by atoms with Gasteiger partial charge in [-0.2, -0.15) is 5.26 Å². The topological polar surface area (TPSA) is 92.7 Å². The zero-order valence-electron chi connectivity index (χ0n) is 18.2. The van der Waals surface area contributed by atoms with Crippen LogP contribution in [0.25, 0.3) is 5.88 Å². The van der Waals surface area contributed by atoms with Gasteiger partial charge >= 0.3 is 0 Å². The van der Waals surface area contributed by atoms with Crippen LogP contribution < -0.4 is 10.1 Å². The molecule has 4 rings (SSSR count). The van der Waals surface area contributed by atoms with Crippen LogP contribution in [0.1, 0.15) is 33.3 Å². The van der Waals surface area contributed by atoms with E-state index in [1.807, 2.05) is 36.4 Å². The highest BCUT2D eigenvalue weighted by Gasteiger charge is 2.27. The highest BCUT2D eigenvalue weighted by atomic mass is 16.5. The number of methoxy groups -OCH3 is 1. The highest BCUT2D eigenvalue weighted by molar-refractivity contribution is 5.98. The van der Waals surface area contributed by atoms with E-state index in [9.17, 15) is 10.1 Å². The third-order valence-corrected chi connectivity index (χ3v) is 5.69. The molecule has 1 N–H and O–H groups in total. The van der Waals surface area contributed by atoms with Crippen LogP contribution >= 0.6 is 0 Å². The SMILES string of the molecule is COc1ccc([C@@H](CNC(=O)c2c(C)oc(-n3cccc3)c2C#N)N2CCOCC2)cc1. The van der Waals surface area contributed by atoms with Gasteiger partial charge in [0.25, 0.3) is 5.91 Å². The van der Waals surface area contributed by atoms with Gasteiger partial charge in [0.2, 0.25) is 5.88 Å². The van der Waals surface area contributed by atoms with Gasteiger partial charge in [0.1, 0.15) is 28.7 Å². The Bertz CT molecular complexity index is 1090. The number of hydrogen-bond acceptors (Lipinski definition) is 6. The fourth-order valence-electron chi connectivity index (χ4n) is 4.01. The summed E-state index contributed by atoms with van der Waals surface area (Å²) in [7, 11) is 1.64. The predicted molar refractivity (Wildman–Crippen MR) is 118 cm³/mol. The molecule has 2 aromatic heterocycles. The molecule has 0 spiro atoms. The van der Waals surface area contributed by atoms with Crippen LogP contribution in [0, 0.1) is 18.3 Å². The Kier molecular flexibility index (Phi) is 6.59. The number of benzene rings is 1. The maximum Gasteiger partial charge on any atom is 0.256 e. The first-order chi connectivity index (χ1) is 15.6. The van der Waals surface area contributed by atoms with Gasteiger partial charge in [-0.15, -0.1) is 0 Å². The van der Waals surface area contributed by atoms with Gasteiger partial charge in [-0.3, -0.25) is 14.3 Å². The van der Waals surface area contributed by atoms with Gasteiger partial charge < -0.3 is 19.2 Å². The lowest BCUT2D eigenvalue weighted by atomic mass is 10.0. The molecule has 0 unspecified atom stereocenters. The normalized spacial score (nSPS) is 15.2. The molecule has 8 heteroatoms. The van der Waals surface area contributed by atoms with Crippen molar-refractivity contribution in [1.29, 1.82) is 5.26 Å². The minimum Gasteiger partial charge on any atom is -0.497 e. The number of aromatic nitrogens is 1. The number of carbonyl (C=O) groups is 1. The van der Waals surface area contributed by atoms with Crippen molar-refractivity contribution >= 4 is 5.91 Å². The summed E-state index contributed by atoms with van der Waals surface area (Å²) in [5.74, 6) is 1.21. The van der Waals surface area contributed by atoms with Crippen LogP contribution in [0.15, 0.2) is 53.2 Å². The second kappa shape index (κ2) is 9.73. The molecule has 1 saturated heterocycles. The number of morpholine rings is 1. The molecule has 0 saturated carbocycles. The molecule has 1 aliphatic rings. The summed E-state index contributed by atoms with van der Waals surface area (Å²) in [6.07, 6.45) is 3.55. The third-order valence-electron chi connectivity index (χ3n) is 5.69. The fraction of sp³-hybridized carbons (Fsp3) is 0.333. The van der Waals surface area contributed by atoms with Crippen LogP contribution in [0.5, 0.6) is 5.75 Å². The largest absolute Gasteiger partial charge is 0.497 e. The Morgan fingerprint density at radius 1 is 1.22 bits per heavy atom. The van der Waals surface area contributed by atoms with Crippen molar-refractivity contribution in [3.05, 3.63) is 71.2 Å². The average molecular weight is 434 g/mol. The van der Waals surface area contributed by atoms with Crippen molar-refractivity contribution in [2.45, 2.75) is 13.0 Å². The monoisotopic (exact) mass is 434 g/mol. The molecular formula is C24H26N4O4. The van der Waals surface area contributed by atoms with Gasteiger partial charge in [-0.05, 0) is 36.8 Å². The van der Waals surface area contributed by atoms with E-state index in [-0.39, 0.29) is 23.1 Å². The number of amides is 1. The van der Waals surface area contributed by atoms with Crippen molar-refractivity contribution in [2.24, 2.45) is 0 Å². The van der Waals surface area contributed by atoms with Gasteiger partial charge in [0, 0.05) is 32.0 Å². The summed E-state index contributed by atoms with van der Waals surface area (Å²) in [4.78, 5) is 15.4. The van der Waals surface area contributed by atoms with Gasteiger partial charge in [-0.1, -0.05) is 12.1 Å². The van der Waals surface area contributed by atoms with Crippen molar-refractivity contribution in [3.8, 4) is 17.7 Å². The number of rotatable bonds is 7. The van der Waals surface area contributed by atoms with Crippen LogP contribution in [0.3, 0.4) is 0 Å². The predicted octanol–water partition coefficient (Wildman–Crippen LogP) is 3.06. The summed E-state index contributed by atoms with van der Waals surface area (Å²) in [6, 6.07) is 13.6. The van der Waals surface area contributed by atoms with E-state index in [2.05, 4.69) is 16.3 Å². The molecule has 3 heterocycles. The molecule has 0 aliphatic carbocycles. The first kappa shape index (κ1) is 21.7. The minimum absolute atomic E-state index is 0.0320. The maximum absolute atomic E-state index is 13.2. The van der Waals surface area contributed by atoms with Crippen molar-refractivity contribution in [3.63, 3.8) is 0 Å². The molecule has 8 nitrogen and oxygen atoms in total. The van der Waals surface area contributed by atoms with Crippen molar-refractivity contribution < 1.29 is 18.7 Å². The van der Waals surface area contributed by atoms with Crippen LogP contribution in [0.4, 0.5) is 0 Å². The quantitative estimate of drug-likeness (QED) is 0.614. The Hall–Kier alpha value is -3.54. The van der Waals surface area contributed by atoms with Crippen molar-refractivity contribution in [2.75, 3.05) is 40.0 Å². The van der Waals surface area contributed by atoms with Gasteiger partial charge in [0.05, 0.1) is 26.4 Å². The van der Waals surface area contributed by atoms with E-state index in [0.29, 0.717) is 31.4 Å². The third kappa shape index (κ3) is 4.40. The molecule has 1 aromatic carbocycles. The van der Waals surface area contributed by atoms with Gasteiger partial charge in [0.15, 0.2) is 0 Å². The summed E-state index contributed by atoms with van der Waals surface area (Å²) in [5, 5.41) is 12.8. The number of aryl methyl sites for hydroxylation is 1. The number of nitrogens with zero attached hydrogens (tertiary/aromatic N) is 3. The lowest BCUT2D eigenvalue weighted by Crippen LogP contribution is -2.43. The molecule has 1 fully saturated rings. The molecule has 1 aliphatic heterocycles. The van der Waals surface area contributed by atoms with Gasteiger partial charge in [-0.25, -0.2) is 0 Å². The highest BCUT2D eigenvalue weighted by Crippen LogP contribution is 2.27. The summed E-state index contributed by atoms with van der Waals surface area (Å²) in [5.41, 5.74) is 1.57. The molecule has 3 aromatic rings. The number of furan rings is 1. The second-order valence-corrected chi connectivity index (χ2v) is 7.56. The standard InChI is InChI=1S/C24H26N4O4/c1-17-22(20(15-25)24(32-17)28-9-3-4-10-28)23(29)26-16-21(27-11-13-31-14-12-27)18-5-7-19(30-2)8-6-18/h3-10,21H,11-14,16H2,1-2H3,(H,26,29)/t21-/m1/s1. The Morgan fingerprint density at radius 3 is 2.53 bits per heavy atom. The molecule has 0 bridgehead atoms. The number of nitriles is 1. The van der Waals surface area contributed by atoms with E-state index in [1.165, 1.54) is 0 Å². The molecule has 1 atom stereocenters. The number of carbonyl (C=O) groups excluding carboxylic acids is 1. The first-order valence-electron chi connectivity index (χ1n) is 10.5. The van der Waals surface area contributed by atoms with Crippen LogP contribution in [-0.4, -0.2) is 55.3 Å². The Labute approximate surface area is 186 Å². The van der Waals surface area contributed by atoms with E-state index < -0.39 is 0 Å². The van der Waals surface area contributed by atoms with Crippen LogP contribution in [0.2, 0.25) is 0 Å². The summed E-state index contributed by atoms with van der Waals surface area (Å²) < 4.78 is 18.2. The second-order valence-electron chi connectivity index (χ2n) is 7.56. The lowest BCUT2D eigenvalue weighted by Gasteiger charge is -2.35. The van der Waals surface area contributed by atoms with Crippen molar-refractivity contribution in [1.82, 2.24) is 14.8 Å². The lowest BCUT2D eigenvalue weighted by molar-refractivity contribution is 0.0162. The maximum atomic E-state index is 13.2. The molecule has 32 heavy (non-hydrogen) atoms. The minimum atomic E-state index is -0.326. The molecule has 166 valence electrons. The van der Waals surface area contributed by atoms with E-state index in [1.54, 1.807) is 31.0 Å². The molecule has 1 amide bonds. The molecular weight excluding hydrogens is 408 g/mol. The Morgan fingerprint density at radius 2 is 1.91 bits per heavy atom. The van der Waals surface area contributed by atoms with E-state index in [0.717, 1.165) is 24.4 Å². The average Bonchev–Trinajstić information content (AvgIpc) is 3.47. The van der Waals surface area contributed by atoms with Crippen LogP contribution in [-0.2, 0) is 4.74 Å².